The molecule has 3 nitrogen and oxygen atoms in total. The average molecular weight is 264 g/mol. The predicted octanol–water partition coefficient (Wildman–Crippen LogP) is 3.53. The van der Waals surface area contributed by atoms with Crippen molar-refractivity contribution in [3.8, 4) is 5.69 Å². The summed E-state index contributed by atoms with van der Waals surface area (Å²) in [6.07, 6.45) is 1.81. The molecule has 0 aliphatic rings. The van der Waals surface area contributed by atoms with E-state index in [1.165, 1.54) is 0 Å². The van der Waals surface area contributed by atoms with Crippen molar-refractivity contribution in [2.45, 2.75) is 12.8 Å². The van der Waals surface area contributed by atoms with Gasteiger partial charge in [-0.25, -0.2) is 9.97 Å². The van der Waals surface area contributed by atoms with Crippen molar-refractivity contribution in [3.63, 3.8) is 0 Å². The monoisotopic (exact) mass is 263 g/mol. The second-order valence-corrected chi connectivity index (χ2v) is 4.83. The summed E-state index contributed by atoms with van der Waals surface area (Å²) in [5.74, 6) is 1.22. The largest absolute Gasteiger partial charge is 0.279 e. The molecule has 3 heterocycles. The number of hydrogen-bond donors (Lipinski definition) is 0. The van der Waals surface area contributed by atoms with Crippen LogP contribution in [0.5, 0.6) is 0 Å². The number of fused-ring (bicyclic) bond motifs is 1. The third-order valence-electron chi connectivity index (χ3n) is 2.70. The van der Waals surface area contributed by atoms with Crippen LogP contribution >= 0.6 is 22.9 Å². The van der Waals surface area contributed by atoms with E-state index >= 15 is 0 Å². The molecule has 5 heteroatoms. The Balaban J connectivity index is 2.39. The lowest BCUT2D eigenvalue weighted by atomic mass is 10.3. The van der Waals surface area contributed by atoms with Gasteiger partial charge in [0.25, 0.3) is 0 Å². The summed E-state index contributed by atoms with van der Waals surface area (Å²) in [5, 5.41) is 4.11. The maximum atomic E-state index is 5.97. The lowest BCUT2D eigenvalue weighted by Gasteiger charge is -2.03. The molecule has 0 atom stereocenters. The standard InChI is InChI=1S/C12H10ClN3S/c1-8-2-4-14-12-11(8)15-10(6-13)16(12)9-3-5-17-7-9/h2-5,7H,6H2,1H3. The number of halogens is 1. The van der Waals surface area contributed by atoms with E-state index < -0.39 is 0 Å². The molecule has 0 spiro atoms. The molecule has 0 N–H and O–H groups in total. The molecule has 0 aromatic carbocycles. The fraction of sp³-hybridized carbons (Fsp3) is 0.167. The highest BCUT2D eigenvalue weighted by Crippen LogP contribution is 2.24. The van der Waals surface area contributed by atoms with E-state index in [4.69, 9.17) is 11.6 Å². The molecule has 3 aromatic rings. The van der Waals surface area contributed by atoms with Crippen LogP contribution in [0.15, 0.2) is 29.1 Å². The van der Waals surface area contributed by atoms with E-state index in [1.54, 1.807) is 17.5 Å². The Labute approximate surface area is 108 Å². The van der Waals surface area contributed by atoms with E-state index in [0.717, 1.165) is 28.2 Å². The molecule has 0 fully saturated rings. The van der Waals surface area contributed by atoms with Crippen LogP contribution in [0.25, 0.3) is 16.9 Å². The Kier molecular flexibility index (Phi) is 2.61. The molecule has 17 heavy (non-hydrogen) atoms. The van der Waals surface area contributed by atoms with E-state index in [9.17, 15) is 0 Å². The van der Waals surface area contributed by atoms with Gasteiger partial charge in [-0.2, -0.15) is 11.3 Å². The number of pyridine rings is 1. The predicted molar refractivity (Wildman–Crippen MR) is 71.0 cm³/mol. The smallest absolute Gasteiger partial charge is 0.165 e. The fourth-order valence-corrected chi connectivity index (χ4v) is 2.68. The van der Waals surface area contributed by atoms with Gasteiger partial charge in [-0.1, -0.05) is 0 Å². The number of thiophene rings is 1. The molecule has 0 unspecified atom stereocenters. The molecule has 0 saturated carbocycles. The lowest BCUT2D eigenvalue weighted by Crippen LogP contribution is -1.98. The average Bonchev–Trinajstić information content (AvgIpc) is 2.94. The normalized spacial score (nSPS) is 11.2. The van der Waals surface area contributed by atoms with Crippen LogP contribution < -0.4 is 0 Å². The van der Waals surface area contributed by atoms with E-state index in [0.29, 0.717) is 5.88 Å². The van der Waals surface area contributed by atoms with Crippen LogP contribution in [0.3, 0.4) is 0 Å². The topological polar surface area (TPSA) is 30.7 Å². The summed E-state index contributed by atoms with van der Waals surface area (Å²) in [5.41, 5.74) is 4.00. The van der Waals surface area contributed by atoms with Crippen LogP contribution in [0.1, 0.15) is 11.4 Å². The van der Waals surface area contributed by atoms with Crippen molar-refractivity contribution in [1.82, 2.24) is 14.5 Å². The third-order valence-corrected chi connectivity index (χ3v) is 3.61. The van der Waals surface area contributed by atoms with Crippen LogP contribution in [-0.2, 0) is 5.88 Å². The van der Waals surface area contributed by atoms with Gasteiger partial charge in [-0.15, -0.1) is 11.6 Å². The molecule has 86 valence electrons. The zero-order valence-corrected chi connectivity index (χ0v) is 10.8. The maximum absolute atomic E-state index is 5.97. The minimum absolute atomic E-state index is 0.381. The zero-order chi connectivity index (χ0) is 11.8. The van der Waals surface area contributed by atoms with Crippen molar-refractivity contribution in [2.24, 2.45) is 0 Å². The van der Waals surface area contributed by atoms with Gasteiger partial charge in [0.2, 0.25) is 0 Å². The van der Waals surface area contributed by atoms with Crippen LogP contribution in [0.2, 0.25) is 0 Å². The Morgan fingerprint density at radius 2 is 2.29 bits per heavy atom. The third kappa shape index (κ3) is 1.64. The molecule has 0 bridgehead atoms. The highest BCUT2D eigenvalue weighted by atomic mass is 35.5. The van der Waals surface area contributed by atoms with Gasteiger partial charge in [-0.05, 0) is 30.0 Å². The minimum Gasteiger partial charge on any atom is -0.279 e. The molecular formula is C12H10ClN3S. The molecule has 3 aromatic heterocycles. The van der Waals surface area contributed by atoms with Gasteiger partial charge in [-0.3, -0.25) is 4.57 Å². The molecule has 0 radical (unpaired) electrons. The second kappa shape index (κ2) is 4.13. The molecule has 0 aliphatic carbocycles. The number of rotatable bonds is 2. The molecule has 3 rings (SSSR count). The lowest BCUT2D eigenvalue weighted by molar-refractivity contribution is 0.974. The number of nitrogens with zero attached hydrogens (tertiary/aromatic N) is 3. The molecular weight excluding hydrogens is 254 g/mol. The quantitative estimate of drug-likeness (QED) is 0.662. The first-order valence-corrected chi connectivity index (χ1v) is 6.70. The van der Waals surface area contributed by atoms with Gasteiger partial charge in [0.1, 0.15) is 11.3 Å². The Morgan fingerprint density at radius 3 is 3.00 bits per heavy atom. The summed E-state index contributed by atoms with van der Waals surface area (Å²) in [6, 6.07) is 4.01. The zero-order valence-electron chi connectivity index (χ0n) is 9.22. The molecule has 0 amide bonds. The Hall–Kier alpha value is -1.39. The number of aromatic nitrogens is 3. The molecule has 0 aliphatic heterocycles. The van der Waals surface area contributed by atoms with Gasteiger partial charge in [0.05, 0.1) is 11.6 Å². The van der Waals surface area contributed by atoms with Gasteiger partial charge in [0.15, 0.2) is 5.65 Å². The number of aryl methyl sites for hydroxylation is 1. The van der Waals surface area contributed by atoms with Crippen molar-refractivity contribution in [3.05, 3.63) is 40.5 Å². The van der Waals surface area contributed by atoms with Crippen molar-refractivity contribution in [2.75, 3.05) is 0 Å². The molecule has 0 saturated heterocycles. The second-order valence-electron chi connectivity index (χ2n) is 3.78. The first kappa shape index (κ1) is 10.7. The van der Waals surface area contributed by atoms with Crippen LogP contribution in [-0.4, -0.2) is 14.5 Å². The fourth-order valence-electron chi connectivity index (χ4n) is 1.88. The van der Waals surface area contributed by atoms with E-state index in [-0.39, 0.29) is 0 Å². The number of alkyl halides is 1. The van der Waals surface area contributed by atoms with Crippen LogP contribution in [0, 0.1) is 6.92 Å². The summed E-state index contributed by atoms with van der Waals surface area (Å²) in [6.45, 7) is 2.03. The number of hydrogen-bond acceptors (Lipinski definition) is 3. The first-order chi connectivity index (χ1) is 8.31. The van der Waals surface area contributed by atoms with Crippen molar-refractivity contribution in [1.29, 1.82) is 0 Å². The number of imidazole rings is 1. The van der Waals surface area contributed by atoms with Gasteiger partial charge in [0, 0.05) is 11.6 Å². The summed E-state index contributed by atoms with van der Waals surface area (Å²) < 4.78 is 2.02. The highest BCUT2D eigenvalue weighted by molar-refractivity contribution is 7.08. The Bertz CT molecular complexity index is 658. The van der Waals surface area contributed by atoms with Crippen molar-refractivity contribution >= 4 is 34.1 Å². The van der Waals surface area contributed by atoms with Gasteiger partial charge >= 0.3 is 0 Å². The van der Waals surface area contributed by atoms with Crippen molar-refractivity contribution < 1.29 is 0 Å². The van der Waals surface area contributed by atoms with Crippen LogP contribution in [0.4, 0.5) is 0 Å². The summed E-state index contributed by atoms with van der Waals surface area (Å²) in [7, 11) is 0. The highest BCUT2D eigenvalue weighted by Gasteiger charge is 2.14. The van der Waals surface area contributed by atoms with Gasteiger partial charge < -0.3 is 0 Å². The summed E-state index contributed by atoms with van der Waals surface area (Å²) in [4.78, 5) is 8.97. The summed E-state index contributed by atoms with van der Waals surface area (Å²) >= 11 is 7.62. The van der Waals surface area contributed by atoms with E-state index in [1.807, 2.05) is 29.0 Å². The minimum atomic E-state index is 0.381. The van der Waals surface area contributed by atoms with E-state index in [2.05, 4.69) is 15.3 Å². The Morgan fingerprint density at radius 1 is 1.41 bits per heavy atom. The SMILES string of the molecule is Cc1ccnc2c1nc(CCl)n2-c1ccsc1. The maximum Gasteiger partial charge on any atom is 0.165 e. The first-order valence-electron chi connectivity index (χ1n) is 5.22.